The highest BCUT2D eigenvalue weighted by Gasteiger charge is 2.26. The summed E-state index contributed by atoms with van der Waals surface area (Å²) in [5.74, 6) is 0.00477. The number of anilines is 1. The molecule has 0 saturated carbocycles. The molecule has 0 unspecified atom stereocenters. The number of carbonyl (C=O) groups is 2. The van der Waals surface area contributed by atoms with Crippen molar-refractivity contribution in [2.75, 3.05) is 31.1 Å². The number of fused-ring (bicyclic) bond motifs is 1. The van der Waals surface area contributed by atoms with Crippen molar-refractivity contribution in [2.45, 2.75) is 56.7 Å². The second kappa shape index (κ2) is 8.91. The van der Waals surface area contributed by atoms with Crippen LogP contribution in [-0.2, 0) is 9.59 Å². The van der Waals surface area contributed by atoms with Crippen LogP contribution in [-0.4, -0.2) is 53.7 Å². The van der Waals surface area contributed by atoms with Crippen molar-refractivity contribution >= 4 is 29.3 Å². The first-order chi connectivity index (χ1) is 12.2. The molecule has 2 amide bonds. The highest BCUT2D eigenvalue weighted by atomic mass is 32.2. The molecule has 1 atom stereocenters. The molecule has 144 valence electrons. The number of carbonyl (C=O) groups excluding carboxylic acids is 2. The fourth-order valence-corrected chi connectivity index (χ4v) is 4.08. The maximum Gasteiger partial charge on any atom is 0.241 e. The third kappa shape index (κ3) is 6.02. The molecular weight excluding hydrogens is 346 g/mol. The quantitative estimate of drug-likeness (QED) is 0.856. The molecule has 1 aliphatic heterocycles. The molecule has 0 aromatic heterocycles. The molecule has 1 aromatic carbocycles. The van der Waals surface area contributed by atoms with Crippen molar-refractivity contribution in [3.8, 4) is 0 Å². The zero-order valence-corrected chi connectivity index (χ0v) is 17.4. The van der Waals surface area contributed by atoms with E-state index >= 15 is 0 Å². The van der Waals surface area contributed by atoms with Crippen LogP contribution in [0.2, 0.25) is 0 Å². The minimum atomic E-state index is -0.266. The fraction of sp³-hybridized carbons (Fsp3) is 0.600. The molecule has 0 aliphatic carbocycles. The van der Waals surface area contributed by atoms with E-state index in [2.05, 4.69) is 18.3 Å². The molecular formula is C20H31N3O2S. The Morgan fingerprint density at radius 2 is 1.96 bits per heavy atom. The number of likely N-dealkylation sites (N-methyl/N-ethyl adjacent to an activating group) is 1. The summed E-state index contributed by atoms with van der Waals surface area (Å²) in [6.07, 6.45) is 0.960. The average molecular weight is 378 g/mol. The van der Waals surface area contributed by atoms with Crippen LogP contribution in [0.1, 0.15) is 41.0 Å². The van der Waals surface area contributed by atoms with E-state index in [1.165, 1.54) is 0 Å². The van der Waals surface area contributed by atoms with Gasteiger partial charge in [0.05, 0.1) is 18.8 Å². The Balaban J connectivity index is 2.06. The van der Waals surface area contributed by atoms with Gasteiger partial charge in [0.1, 0.15) is 0 Å². The first-order valence-corrected chi connectivity index (χ1v) is 10.2. The van der Waals surface area contributed by atoms with E-state index in [0.29, 0.717) is 11.8 Å². The van der Waals surface area contributed by atoms with Crippen LogP contribution >= 0.6 is 11.8 Å². The van der Waals surface area contributed by atoms with Crippen molar-refractivity contribution in [2.24, 2.45) is 0 Å². The minimum Gasteiger partial charge on any atom is -0.350 e. The number of benzene rings is 1. The molecule has 26 heavy (non-hydrogen) atoms. The molecule has 2 rings (SSSR count). The zero-order chi connectivity index (χ0) is 19.3. The van der Waals surface area contributed by atoms with Gasteiger partial charge in [-0.1, -0.05) is 26.0 Å². The van der Waals surface area contributed by atoms with Crippen LogP contribution < -0.4 is 10.2 Å². The number of amides is 2. The highest BCUT2D eigenvalue weighted by molar-refractivity contribution is 8.00. The first kappa shape index (κ1) is 20.8. The monoisotopic (exact) mass is 377 g/mol. The predicted octanol–water partition coefficient (Wildman–Crippen LogP) is 3.14. The third-order valence-corrected chi connectivity index (χ3v) is 5.47. The van der Waals surface area contributed by atoms with E-state index in [4.69, 9.17) is 0 Å². The van der Waals surface area contributed by atoms with Gasteiger partial charge >= 0.3 is 0 Å². The molecule has 0 bridgehead atoms. The van der Waals surface area contributed by atoms with Crippen LogP contribution in [0.25, 0.3) is 0 Å². The van der Waals surface area contributed by atoms with E-state index in [1.807, 2.05) is 67.5 Å². The van der Waals surface area contributed by atoms with Gasteiger partial charge in [-0.3, -0.25) is 14.5 Å². The Morgan fingerprint density at radius 3 is 2.62 bits per heavy atom. The number of para-hydroxylation sites is 1. The van der Waals surface area contributed by atoms with Gasteiger partial charge < -0.3 is 10.2 Å². The van der Waals surface area contributed by atoms with E-state index in [-0.39, 0.29) is 30.4 Å². The lowest BCUT2D eigenvalue weighted by molar-refractivity contribution is -0.125. The van der Waals surface area contributed by atoms with Gasteiger partial charge in [0.25, 0.3) is 0 Å². The lowest BCUT2D eigenvalue weighted by atomic mass is 10.1. The Bertz CT molecular complexity index is 642. The van der Waals surface area contributed by atoms with Gasteiger partial charge in [-0.15, -0.1) is 11.8 Å². The van der Waals surface area contributed by atoms with E-state index in [0.717, 1.165) is 23.5 Å². The molecule has 6 heteroatoms. The van der Waals surface area contributed by atoms with Crippen LogP contribution in [0.15, 0.2) is 29.2 Å². The van der Waals surface area contributed by atoms with Crippen molar-refractivity contribution in [3.05, 3.63) is 24.3 Å². The molecule has 0 radical (unpaired) electrons. The minimum absolute atomic E-state index is 0.0485. The largest absolute Gasteiger partial charge is 0.350 e. The highest BCUT2D eigenvalue weighted by Crippen LogP contribution is 2.37. The second-order valence-electron chi connectivity index (χ2n) is 7.83. The molecule has 1 aromatic rings. The summed E-state index contributed by atoms with van der Waals surface area (Å²) in [5.41, 5.74) is 0.722. The third-order valence-electron chi connectivity index (χ3n) is 4.23. The Kier molecular flexibility index (Phi) is 7.12. The number of nitrogens with one attached hydrogen (secondary N) is 1. The predicted molar refractivity (Wildman–Crippen MR) is 109 cm³/mol. The smallest absolute Gasteiger partial charge is 0.241 e. The van der Waals surface area contributed by atoms with Crippen LogP contribution in [0.3, 0.4) is 0 Å². The van der Waals surface area contributed by atoms with Crippen LogP contribution in [0.5, 0.6) is 0 Å². The molecule has 1 heterocycles. The standard InChI is InChI=1S/C20H31N3O2S/c1-6-22(13-18(24)21-20(3,4)5)14-19(25)23-12-11-15(2)26-17-10-8-7-9-16(17)23/h7-10,15H,6,11-14H2,1-5H3,(H,21,24)/t15-/m1/s1. The summed E-state index contributed by atoms with van der Waals surface area (Å²) < 4.78 is 0. The van der Waals surface area contributed by atoms with E-state index < -0.39 is 0 Å². The summed E-state index contributed by atoms with van der Waals surface area (Å²) in [4.78, 5) is 30.1. The van der Waals surface area contributed by atoms with E-state index in [1.54, 1.807) is 0 Å². The van der Waals surface area contributed by atoms with Crippen molar-refractivity contribution in [1.29, 1.82) is 0 Å². The molecule has 0 fully saturated rings. The van der Waals surface area contributed by atoms with Crippen molar-refractivity contribution in [3.63, 3.8) is 0 Å². The lowest BCUT2D eigenvalue weighted by Gasteiger charge is -2.28. The normalized spacial score (nSPS) is 17.6. The molecule has 1 N–H and O–H groups in total. The van der Waals surface area contributed by atoms with Crippen LogP contribution in [0.4, 0.5) is 5.69 Å². The summed E-state index contributed by atoms with van der Waals surface area (Å²) in [6.45, 7) is 11.9. The van der Waals surface area contributed by atoms with Gasteiger partial charge in [-0.25, -0.2) is 0 Å². The summed E-state index contributed by atoms with van der Waals surface area (Å²) in [6, 6.07) is 8.09. The number of hydrogen-bond acceptors (Lipinski definition) is 4. The number of rotatable bonds is 5. The fourth-order valence-electron chi connectivity index (χ4n) is 2.96. The van der Waals surface area contributed by atoms with Gasteiger partial charge in [-0.2, -0.15) is 0 Å². The Labute approximate surface area is 161 Å². The maximum atomic E-state index is 13.0. The number of thioether (sulfide) groups is 1. The van der Waals surface area contributed by atoms with Gasteiger partial charge in [0, 0.05) is 22.2 Å². The topological polar surface area (TPSA) is 52.7 Å². The second-order valence-corrected chi connectivity index (χ2v) is 9.31. The summed E-state index contributed by atoms with van der Waals surface area (Å²) in [5, 5.41) is 3.44. The SMILES string of the molecule is CCN(CC(=O)NC(C)(C)C)CC(=O)N1CC[C@@H](C)Sc2ccccc21. The number of nitrogens with zero attached hydrogens (tertiary/aromatic N) is 2. The Hall–Kier alpha value is -1.53. The molecule has 5 nitrogen and oxygen atoms in total. The average Bonchev–Trinajstić information content (AvgIpc) is 2.70. The van der Waals surface area contributed by atoms with Crippen molar-refractivity contribution < 1.29 is 9.59 Å². The summed E-state index contributed by atoms with van der Waals surface area (Å²) in [7, 11) is 0. The Morgan fingerprint density at radius 1 is 1.27 bits per heavy atom. The number of hydrogen-bond donors (Lipinski definition) is 1. The van der Waals surface area contributed by atoms with Crippen molar-refractivity contribution in [1.82, 2.24) is 10.2 Å². The molecule has 0 saturated heterocycles. The first-order valence-electron chi connectivity index (χ1n) is 9.29. The van der Waals surface area contributed by atoms with Gasteiger partial charge in [0.2, 0.25) is 11.8 Å². The maximum absolute atomic E-state index is 13.0. The van der Waals surface area contributed by atoms with E-state index in [9.17, 15) is 9.59 Å². The summed E-state index contributed by atoms with van der Waals surface area (Å²) >= 11 is 1.82. The lowest BCUT2D eigenvalue weighted by Crippen LogP contribution is -2.48. The van der Waals surface area contributed by atoms with Gasteiger partial charge in [-0.05, 0) is 45.9 Å². The molecule has 0 spiro atoms. The zero-order valence-electron chi connectivity index (χ0n) is 16.5. The molecule has 1 aliphatic rings. The van der Waals surface area contributed by atoms with Gasteiger partial charge in [0.15, 0.2) is 0 Å². The van der Waals surface area contributed by atoms with Crippen LogP contribution in [0, 0.1) is 0 Å².